The number of fused-ring (bicyclic) bond motifs is 1. The van der Waals surface area contributed by atoms with Gasteiger partial charge in [-0.05, 0) is 37.3 Å². The Morgan fingerprint density at radius 1 is 1.47 bits per heavy atom. The number of hydrogen-bond donors (Lipinski definition) is 1. The third-order valence-electron chi connectivity index (χ3n) is 4.19. The van der Waals surface area contributed by atoms with Gasteiger partial charge >= 0.3 is 0 Å². The minimum atomic E-state index is -0.446. The zero-order valence-electron chi connectivity index (χ0n) is 10.6. The Balaban J connectivity index is 1.80. The van der Waals surface area contributed by atoms with E-state index >= 15 is 0 Å². The maximum atomic E-state index is 10.8. The lowest BCUT2D eigenvalue weighted by Gasteiger charge is -2.41. The van der Waals surface area contributed by atoms with Gasteiger partial charge in [0.2, 0.25) is 0 Å². The zero-order valence-corrected chi connectivity index (χ0v) is 11.4. The van der Waals surface area contributed by atoms with E-state index in [2.05, 4.69) is 17.5 Å². The molecule has 5 heteroatoms. The molecular weight excluding hydrogens is 264 g/mol. The molecule has 0 heterocycles. The van der Waals surface area contributed by atoms with Crippen molar-refractivity contribution in [2.45, 2.75) is 25.8 Å². The second-order valence-corrected chi connectivity index (χ2v) is 5.77. The Morgan fingerprint density at radius 3 is 2.95 bits per heavy atom. The summed E-state index contributed by atoms with van der Waals surface area (Å²) in [6, 6.07) is 3.63. The molecule has 3 rings (SSSR count). The largest absolute Gasteiger partial charge is 0.381 e. The highest BCUT2D eigenvalue weighted by atomic mass is 35.5. The van der Waals surface area contributed by atoms with Gasteiger partial charge < -0.3 is 5.32 Å². The minimum absolute atomic E-state index is 0.0306. The summed E-state index contributed by atoms with van der Waals surface area (Å²) in [6.45, 7) is 1.87. The van der Waals surface area contributed by atoms with E-state index < -0.39 is 4.92 Å². The summed E-state index contributed by atoms with van der Waals surface area (Å²) in [4.78, 5) is 10.4. The van der Waals surface area contributed by atoms with Crippen LogP contribution < -0.4 is 5.32 Å². The smallest absolute Gasteiger partial charge is 0.288 e. The van der Waals surface area contributed by atoms with Gasteiger partial charge in [-0.3, -0.25) is 10.1 Å². The van der Waals surface area contributed by atoms with Gasteiger partial charge in [0, 0.05) is 23.7 Å². The van der Waals surface area contributed by atoms with Crippen LogP contribution >= 0.6 is 11.6 Å². The number of anilines is 1. The highest BCUT2D eigenvalue weighted by Gasteiger charge is 2.41. The topological polar surface area (TPSA) is 55.2 Å². The van der Waals surface area contributed by atoms with Crippen molar-refractivity contribution in [2.24, 2.45) is 11.8 Å². The van der Waals surface area contributed by atoms with Crippen LogP contribution in [0.1, 0.15) is 18.4 Å². The molecule has 0 amide bonds. The molecule has 0 saturated heterocycles. The average Bonchev–Trinajstić information content (AvgIpc) is 2.71. The van der Waals surface area contributed by atoms with Gasteiger partial charge in [-0.15, -0.1) is 0 Å². The number of nitro groups is 1. The van der Waals surface area contributed by atoms with Crippen molar-refractivity contribution < 1.29 is 4.92 Å². The number of nitro benzene ring substituents is 1. The van der Waals surface area contributed by atoms with Gasteiger partial charge in [0.1, 0.15) is 5.02 Å². The van der Waals surface area contributed by atoms with E-state index in [0.717, 1.165) is 23.6 Å². The molecule has 1 aromatic carbocycles. The maximum absolute atomic E-state index is 10.8. The van der Waals surface area contributed by atoms with Crippen LogP contribution in [-0.2, 0) is 0 Å². The van der Waals surface area contributed by atoms with E-state index in [0.29, 0.717) is 12.0 Å². The second-order valence-electron chi connectivity index (χ2n) is 5.36. The maximum Gasteiger partial charge on any atom is 0.288 e. The van der Waals surface area contributed by atoms with Crippen molar-refractivity contribution in [2.75, 3.05) is 5.32 Å². The Labute approximate surface area is 116 Å². The normalized spacial score (nSPS) is 27.8. The molecule has 3 unspecified atom stereocenters. The van der Waals surface area contributed by atoms with Gasteiger partial charge in [0.15, 0.2) is 0 Å². The van der Waals surface area contributed by atoms with Gasteiger partial charge in [0.05, 0.1) is 4.92 Å². The lowest BCUT2D eigenvalue weighted by Crippen LogP contribution is -2.43. The minimum Gasteiger partial charge on any atom is -0.381 e. The van der Waals surface area contributed by atoms with Gasteiger partial charge in [-0.25, -0.2) is 0 Å². The zero-order chi connectivity index (χ0) is 13.6. The van der Waals surface area contributed by atoms with E-state index in [9.17, 15) is 10.1 Å². The van der Waals surface area contributed by atoms with Crippen LogP contribution in [0.25, 0.3) is 0 Å². The first-order valence-corrected chi connectivity index (χ1v) is 6.82. The number of benzene rings is 1. The van der Waals surface area contributed by atoms with Crippen LogP contribution in [0.15, 0.2) is 24.3 Å². The quantitative estimate of drug-likeness (QED) is 0.518. The van der Waals surface area contributed by atoms with E-state index in [-0.39, 0.29) is 10.7 Å². The monoisotopic (exact) mass is 278 g/mol. The number of allylic oxidation sites excluding steroid dienone is 1. The molecule has 19 heavy (non-hydrogen) atoms. The average molecular weight is 279 g/mol. The number of rotatable bonds is 3. The SMILES string of the molecule is Cc1cc([N+](=O)[O-])c(Cl)cc1NC1CC2CC=CC21. The summed E-state index contributed by atoms with van der Waals surface area (Å²) in [6.07, 6.45) is 6.86. The highest BCUT2D eigenvalue weighted by Crippen LogP contribution is 2.44. The standard InChI is InChI=1S/C14H15ClN2O2/c1-8-5-14(17(18)19)11(15)7-12(8)16-13-6-9-3-2-4-10(9)13/h2,4-5,7,9-10,13,16H,3,6H2,1H3. The summed E-state index contributed by atoms with van der Waals surface area (Å²) in [5, 5.41) is 14.5. The number of hydrogen-bond acceptors (Lipinski definition) is 3. The van der Waals surface area contributed by atoms with Gasteiger partial charge in [-0.1, -0.05) is 23.8 Å². The molecule has 0 aliphatic heterocycles. The van der Waals surface area contributed by atoms with Gasteiger partial charge in [0.25, 0.3) is 5.69 Å². The molecule has 0 spiro atoms. The number of aryl methyl sites for hydroxylation is 1. The van der Waals surface area contributed by atoms with Crippen LogP contribution in [0.2, 0.25) is 5.02 Å². The number of halogens is 1. The van der Waals surface area contributed by atoms with Crippen molar-refractivity contribution in [3.63, 3.8) is 0 Å². The van der Waals surface area contributed by atoms with Crippen LogP contribution in [0, 0.1) is 28.9 Å². The van der Waals surface area contributed by atoms with E-state index in [1.807, 2.05) is 6.92 Å². The molecule has 4 nitrogen and oxygen atoms in total. The van der Waals surface area contributed by atoms with Crippen LogP contribution in [0.3, 0.4) is 0 Å². The number of nitrogens with one attached hydrogen (secondary N) is 1. The van der Waals surface area contributed by atoms with Crippen molar-refractivity contribution in [1.82, 2.24) is 0 Å². The molecule has 100 valence electrons. The third kappa shape index (κ3) is 2.10. The Bertz CT molecular complexity index is 571. The molecule has 0 bridgehead atoms. The summed E-state index contributed by atoms with van der Waals surface area (Å²) in [5.74, 6) is 1.39. The first-order chi connectivity index (χ1) is 9.06. The summed E-state index contributed by atoms with van der Waals surface area (Å²) >= 11 is 5.96. The molecule has 1 saturated carbocycles. The summed E-state index contributed by atoms with van der Waals surface area (Å²) < 4.78 is 0. The molecule has 2 aliphatic rings. The Morgan fingerprint density at radius 2 is 2.26 bits per heavy atom. The molecule has 1 N–H and O–H groups in total. The van der Waals surface area contributed by atoms with Crippen LogP contribution in [0.5, 0.6) is 0 Å². The summed E-state index contributed by atoms with van der Waals surface area (Å²) in [5.41, 5.74) is 1.73. The van der Waals surface area contributed by atoms with Crippen molar-refractivity contribution in [1.29, 1.82) is 0 Å². The fraction of sp³-hybridized carbons (Fsp3) is 0.429. The fourth-order valence-corrected chi connectivity index (χ4v) is 3.28. The van der Waals surface area contributed by atoms with E-state index in [4.69, 9.17) is 11.6 Å². The molecule has 2 aliphatic carbocycles. The predicted molar refractivity (Wildman–Crippen MR) is 75.6 cm³/mol. The fourth-order valence-electron chi connectivity index (χ4n) is 3.04. The molecular formula is C14H15ClN2O2. The first-order valence-electron chi connectivity index (χ1n) is 6.44. The lowest BCUT2D eigenvalue weighted by molar-refractivity contribution is -0.384. The van der Waals surface area contributed by atoms with E-state index in [1.54, 1.807) is 6.07 Å². The second kappa shape index (κ2) is 4.53. The van der Waals surface area contributed by atoms with Crippen molar-refractivity contribution in [3.8, 4) is 0 Å². The van der Waals surface area contributed by atoms with Crippen molar-refractivity contribution >= 4 is 23.0 Å². The molecule has 0 radical (unpaired) electrons. The lowest BCUT2D eigenvalue weighted by atomic mass is 9.71. The molecule has 0 aromatic heterocycles. The molecule has 1 aromatic rings. The first kappa shape index (κ1) is 12.5. The third-order valence-corrected chi connectivity index (χ3v) is 4.50. The Hall–Kier alpha value is -1.55. The van der Waals surface area contributed by atoms with Gasteiger partial charge in [-0.2, -0.15) is 0 Å². The van der Waals surface area contributed by atoms with E-state index in [1.165, 1.54) is 12.5 Å². The highest BCUT2D eigenvalue weighted by molar-refractivity contribution is 6.33. The van der Waals surface area contributed by atoms with Crippen LogP contribution in [0.4, 0.5) is 11.4 Å². The Kier molecular flexibility index (Phi) is 2.97. The molecule has 3 atom stereocenters. The number of nitrogens with zero attached hydrogens (tertiary/aromatic N) is 1. The molecule has 1 fully saturated rings. The van der Waals surface area contributed by atoms with Crippen molar-refractivity contribution in [3.05, 3.63) is 45.0 Å². The predicted octanol–water partition coefficient (Wildman–Crippen LogP) is 3.93. The van der Waals surface area contributed by atoms with Crippen LogP contribution in [-0.4, -0.2) is 11.0 Å². The summed E-state index contributed by atoms with van der Waals surface area (Å²) in [7, 11) is 0.